The third kappa shape index (κ3) is 4.16. The fourth-order valence-electron chi connectivity index (χ4n) is 3.14. The van der Waals surface area contributed by atoms with Gasteiger partial charge in [0, 0.05) is 51.7 Å². The summed E-state index contributed by atoms with van der Waals surface area (Å²) in [6.45, 7) is 5.22. The lowest BCUT2D eigenvalue weighted by Crippen LogP contribution is -2.53. The summed E-state index contributed by atoms with van der Waals surface area (Å²) in [6.07, 6.45) is 2.97. The summed E-state index contributed by atoms with van der Waals surface area (Å²) < 4.78 is 0. The second-order valence-corrected chi connectivity index (χ2v) is 6.18. The molecule has 19 heavy (non-hydrogen) atoms. The second kappa shape index (κ2) is 6.68. The summed E-state index contributed by atoms with van der Waals surface area (Å²) in [6, 6.07) is 0.711. The van der Waals surface area contributed by atoms with E-state index < -0.39 is 0 Å². The molecule has 2 unspecified atom stereocenters. The van der Waals surface area contributed by atoms with Crippen molar-refractivity contribution in [3.63, 3.8) is 0 Å². The van der Waals surface area contributed by atoms with E-state index in [1.165, 1.54) is 6.42 Å². The summed E-state index contributed by atoms with van der Waals surface area (Å²) in [5.41, 5.74) is 0. The zero-order valence-electron chi connectivity index (χ0n) is 12.6. The number of hydrogen-bond acceptors (Lipinski definition) is 4. The quantitative estimate of drug-likeness (QED) is 0.771. The molecule has 2 heterocycles. The maximum Gasteiger partial charge on any atom is 0.224 e. The van der Waals surface area contributed by atoms with Crippen LogP contribution < -0.4 is 5.32 Å². The number of carbonyl (C=O) groups excluding carboxylic acids is 1. The highest BCUT2D eigenvalue weighted by Gasteiger charge is 2.27. The third-order valence-corrected chi connectivity index (χ3v) is 4.42. The van der Waals surface area contributed by atoms with Crippen LogP contribution in [0.15, 0.2) is 0 Å². The molecule has 2 fully saturated rings. The van der Waals surface area contributed by atoms with Crippen LogP contribution in [-0.4, -0.2) is 86.6 Å². The standard InChI is InChI=1S/C14H28N4O/c1-16-7-4-5-13(11-16)18(3)14(19)9-12-10-17(2)8-6-15-12/h12-13,15H,4-11H2,1-3H3. The molecule has 0 aromatic rings. The molecular weight excluding hydrogens is 240 g/mol. The van der Waals surface area contributed by atoms with Gasteiger partial charge in [-0.05, 0) is 33.5 Å². The Balaban J connectivity index is 1.81. The SMILES string of the molecule is CN1CCNC(CC(=O)N(C)C2CCCN(C)C2)C1. The number of piperidine rings is 1. The van der Waals surface area contributed by atoms with E-state index in [0.29, 0.717) is 18.5 Å². The van der Waals surface area contributed by atoms with Crippen molar-refractivity contribution in [3.05, 3.63) is 0 Å². The lowest BCUT2D eigenvalue weighted by atomic mass is 10.0. The van der Waals surface area contributed by atoms with Gasteiger partial charge in [0.05, 0.1) is 0 Å². The molecule has 0 radical (unpaired) electrons. The summed E-state index contributed by atoms with van der Waals surface area (Å²) in [5.74, 6) is 0.285. The first kappa shape index (κ1) is 14.8. The number of nitrogens with zero attached hydrogens (tertiary/aromatic N) is 3. The molecular formula is C14H28N4O. The average molecular weight is 268 g/mol. The van der Waals surface area contributed by atoms with E-state index in [1.807, 2.05) is 11.9 Å². The summed E-state index contributed by atoms with van der Waals surface area (Å²) in [4.78, 5) is 19.0. The Bertz CT molecular complexity index is 310. The van der Waals surface area contributed by atoms with Crippen molar-refractivity contribution in [3.8, 4) is 0 Å². The van der Waals surface area contributed by atoms with Crippen molar-refractivity contribution in [1.29, 1.82) is 0 Å². The molecule has 0 aromatic heterocycles. The van der Waals surface area contributed by atoms with Crippen molar-refractivity contribution in [2.24, 2.45) is 0 Å². The minimum atomic E-state index is 0.285. The number of piperazine rings is 1. The van der Waals surface area contributed by atoms with E-state index in [1.54, 1.807) is 0 Å². The van der Waals surface area contributed by atoms with Gasteiger partial charge in [-0.1, -0.05) is 0 Å². The smallest absolute Gasteiger partial charge is 0.224 e. The maximum atomic E-state index is 12.4. The van der Waals surface area contributed by atoms with Gasteiger partial charge in [-0.25, -0.2) is 0 Å². The zero-order valence-corrected chi connectivity index (χ0v) is 12.6. The molecule has 2 aliphatic rings. The van der Waals surface area contributed by atoms with Crippen LogP contribution in [0.4, 0.5) is 0 Å². The lowest BCUT2D eigenvalue weighted by molar-refractivity contribution is -0.133. The van der Waals surface area contributed by atoms with Gasteiger partial charge in [0.2, 0.25) is 5.91 Å². The first-order valence-electron chi connectivity index (χ1n) is 7.42. The van der Waals surface area contributed by atoms with Crippen molar-refractivity contribution in [1.82, 2.24) is 20.0 Å². The Morgan fingerprint density at radius 3 is 2.68 bits per heavy atom. The second-order valence-electron chi connectivity index (χ2n) is 6.18. The van der Waals surface area contributed by atoms with Gasteiger partial charge in [-0.15, -0.1) is 0 Å². The van der Waals surface area contributed by atoms with Crippen LogP contribution >= 0.6 is 0 Å². The first-order chi connectivity index (χ1) is 9.06. The highest BCUT2D eigenvalue weighted by molar-refractivity contribution is 5.77. The largest absolute Gasteiger partial charge is 0.341 e. The van der Waals surface area contributed by atoms with Gasteiger partial charge in [0.1, 0.15) is 0 Å². The Morgan fingerprint density at radius 2 is 2.00 bits per heavy atom. The third-order valence-electron chi connectivity index (χ3n) is 4.42. The normalized spacial score (nSPS) is 30.3. The molecule has 2 atom stereocenters. The molecule has 1 N–H and O–H groups in total. The summed E-state index contributed by atoms with van der Waals surface area (Å²) >= 11 is 0. The van der Waals surface area contributed by atoms with E-state index in [-0.39, 0.29) is 5.91 Å². The topological polar surface area (TPSA) is 38.8 Å². The molecule has 0 bridgehead atoms. The molecule has 2 saturated heterocycles. The fraction of sp³-hybridized carbons (Fsp3) is 0.929. The number of nitrogens with one attached hydrogen (secondary N) is 1. The monoisotopic (exact) mass is 268 g/mol. The highest BCUT2D eigenvalue weighted by atomic mass is 16.2. The molecule has 0 saturated carbocycles. The molecule has 0 spiro atoms. The van der Waals surface area contributed by atoms with Crippen LogP contribution in [0.25, 0.3) is 0 Å². The predicted molar refractivity (Wildman–Crippen MR) is 77.2 cm³/mol. The number of likely N-dealkylation sites (N-methyl/N-ethyl adjacent to an activating group) is 3. The maximum absolute atomic E-state index is 12.4. The minimum absolute atomic E-state index is 0.285. The van der Waals surface area contributed by atoms with E-state index in [2.05, 4.69) is 29.2 Å². The predicted octanol–water partition coefficient (Wildman–Crippen LogP) is -0.167. The average Bonchev–Trinajstić information content (AvgIpc) is 2.38. The Kier molecular flexibility index (Phi) is 5.19. The molecule has 0 aliphatic carbocycles. The number of rotatable bonds is 3. The molecule has 110 valence electrons. The van der Waals surface area contributed by atoms with Gasteiger partial charge in [0.15, 0.2) is 0 Å². The van der Waals surface area contributed by atoms with Crippen molar-refractivity contribution >= 4 is 5.91 Å². The van der Waals surface area contributed by atoms with Crippen LogP contribution in [0.2, 0.25) is 0 Å². The van der Waals surface area contributed by atoms with Gasteiger partial charge in [-0.3, -0.25) is 4.79 Å². The van der Waals surface area contributed by atoms with Gasteiger partial charge in [0.25, 0.3) is 0 Å². The highest BCUT2D eigenvalue weighted by Crippen LogP contribution is 2.15. The van der Waals surface area contributed by atoms with E-state index in [0.717, 1.165) is 39.1 Å². The van der Waals surface area contributed by atoms with Crippen molar-refractivity contribution < 1.29 is 4.79 Å². The van der Waals surface area contributed by atoms with Gasteiger partial charge in [-0.2, -0.15) is 0 Å². The van der Waals surface area contributed by atoms with E-state index >= 15 is 0 Å². The fourth-order valence-corrected chi connectivity index (χ4v) is 3.14. The Labute approximate surface area is 116 Å². The first-order valence-corrected chi connectivity index (χ1v) is 7.42. The molecule has 0 aromatic carbocycles. The number of likely N-dealkylation sites (tertiary alicyclic amines) is 1. The number of hydrogen-bond donors (Lipinski definition) is 1. The molecule has 1 amide bonds. The lowest BCUT2D eigenvalue weighted by Gasteiger charge is -2.37. The van der Waals surface area contributed by atoms with Crippen molar-refractivity contribution in [2.45, 2.75) is 31.3 Å². The molecule has 2 aliphatic heterocycles. The summed E-state index contributed by atoms with van der Waals surface area (Å²) in [7, 11) is 6.24. The Morgan fingerprint density at radius 1 is 1.26 bits per heavy atom. The summed E-state index contributed by atoms with van der Waals surface area (Å²) in [5, 5.41) is 3.45. The molecule has 2 rings (SSSR count). The van der Waals surface area contributed by atoms with Crippen LogP contribution in [0, 0.1) is 0 Å². The molecule has 5 nitrogen and oxygen atoms in total. The van der Waals surface area contributed by atoms with E-state index in [4.69, 9.17) is 0 Å². The Hall–Kier alpha value is -0.650. The van der Waals surface area contributed by atoms with E-state index in [9.17, 15) is 4.79 Å². The zero-order chi connectivity index (χ0) is 13.8. The number of amides is 1. The van der Waals surface area contributed by atoms with Crippen molar-refractivity contribution in [2.75, 3.05) is 53.9 Å². The number of carbonyl (C=O) groups is 1. The molecule has 5 heteroatoms. The van der Waals surface area contributed by atoms with Gasteiger partial charge < -0.3 is 20.0 Å². The van der Waals surface area contributed by atoms with Crippen LogP contribution in [0.3, 0.4) is 0 Å². The van der Waals surface area contributed by atoms with Gasteiger partial charge >= 0.3 is 0 Å². The minimum Gasteiger partial charge on any atom is -0.341 e. The van der Waals surface area contributed by atoms with Crippen LogP contribution in [-0.2, 0) is 4.79 Å². The van der Waals surface area contributed by atoms with Crippen LogP contribution in [0.1, 0.15) is 19.3 Å². The van der Waals surface area contributed by atoms with Crippen LogP contribution in [0.5, 0.6) is 0 Å².